The molecule has 8 heteroatoms. The number of amides is 1. The van der Waals surface area contributed by atoms with Gasteiger partial charge in [0, 0.05) is 44.4 Å². The first-order valence-corrected chi connectivity index (χ1v) is 10.8. The molecule has 1 fully saturated rings. The van der Waals surface area contributed by atoms with Crippen molar-refractivity contribution in [2.75, 3.05) is 50.6 Å². The quantitative estimate of drug-likeness (QED) is 0.591. The number of carbonyl (C=O) groups excluding carboxylic acids is 1. The molecule has 7 nitrogen and oxygen atoms in total. The van der Waals surface area contributed by atoms with Gasteiger partial charge < -0.3 is 19.7 Å². The van der Waals surface area contributed by atoms with Gasteiger partial charge in [0.25, 0.3) is 5.91 Å². The third kappa shape index (κ3) is 5.78. The summed E-state index contributed by atoms with van der Waals surface area (Å²) in [4.78, 5) is 21.8. The summed E-state index contributed by atoms with van der Waals surface area (Å²) in [5.74, 6) is 1.49. The molecule has 0 saturated carbocycles. The molecule has 1 saturated heterocycles. The first kappa shape index (κ1) is 22.5. The highest BCUT2D eigenvalue weighted by Crippen LogP contribution is 2.24. The molecule has 1 aliphatic heterocycles. The molecular formula is C25H27FN4O3. The predicted octanol–water partition coefficient (Wildman–Crippen LogP) is 3.81. The Labute approximate surface area is 192 Å². The molecule has 172 valence electrons. The summed E-state index contributed by atoms with van der Waals surface area (Å²) in [6.45, 7) is 4.30. The Morgan fingerprint density at radius 2 is 1.64 bits per heavy atom. The van der Waals surface area contributed by atoms with Gasteiger partial charge in [-0.1, -0.05) is 12.1 Å². The van der Waals surface area contributed by atoms with Crippen molar-refractivity contribution in [3.05, 3.63) is 77.7 Å². The zero-order chi connectivity index (χ0) is 23.2. The van der Waals surface area contributed by atoms with E-state index in [1.807, 2.05) is 24.3 Å². The Hall–Kier alpha value is -3.65. The van der Waals surface area contributed by atoms with Crippen molar-refractivity contribution < 1.29 is 18.7 Å². The van der Waals surface area contributed by atoms with Crippen molar-refractivity contribution in [2.24, 2.45) is 0 Å². The van der Waals surface area contributed by atoms with Crippen LogP contribution in [0, 0.1) is 5.82 Å². The Balaban J connectivity index is 1.32. The topological polar surface area (TPSA) is 66.9 Å². The smallest absolute Gasteiger partial charge is 0.255 e. The number of pyridine rings is 1. The summed E-state index contributed by atoms with van der Waals surface area (Å²) in [6, 6.07) is 15.5. The highest BCUT2D eigenvalue weighted by atomic mass is 19.1. The molecule has 2 aromatic carbocycles. The molecule has 33 heavy (non-hydrogen) atoms. The second-order valence-electron chi connectivity index (χ2n) is 7.85. The Morgan fingerprint density at radius 1 is 0.970 bits per heavy atom. The van der Waals surface area contributed by atoms with E-state index in [0.29, 0.717) is 22.7 Å². The van der Waals surface area contributed by atoms with E-state index in [1.165, 1.54) is 12.1 Å². The fourth-order valence-electron chi connectivity index (χ4n) is 3.77. The number of aromatic nitrogens is 1. The fourth-order valence-corrected chi connectivity index (χ4v) is 3.77. The molecule has 4 rings (SSSR count). The lowest BCUT2D eigenvalue weighted by Gasteiger charge is -2.35. The monoisotopic (exact) mass is 450 g/mol. The van der Waals surface area contributed by atoms with Crippen LogP contribution in [0.15, 0.2) is 60.8 Å². The van der Waals surface area contributed by atoms with Crippen LogP contribution in [0.2, 0.25) is 0 Å². The highest BCUT2D eigenvalue weighted by molar-refractivity contribution is 6.04. The predicted molar refractivity (Wildman–Crippen MR) is 126 cm³/mol. The summed E-state index contributed by atoms with van der Waals surface area (Å²) < 4.78 is 23.5. The second-order valence-corrected chi connectivity index (χ2v) is 7.85. The number of nitrogens with one attached hydrogen (secondary N) is 1. The van der Waals surface area contributed by atoms with Crippen molar-refractivity contribution >= 4 is 17.4 Å². The van der Waals surface area contributed by atoms with E-state index < -0.39 is 0 Å². The van der Waals surface area contributed by atoms with Gasteiger partial charge in [-0.05, 0) is 42.0 Å². The van der Waals surface area contributed by atoms with E-state index in [0.717, 1.165) is 44.1 Å². The number of carbonyl (C=O) groups is 1. The maximum Gasteiger partial charge on any atom is 0.255 e. The minimum absolute atomic E-state index is 0.211. The number of hydrogen-bond donors (Lipinski definition) is 1. The van der Waals surface area contributed by atoms with Gasteiger partial charge in [-0.15, -0.1) is 0 Å². The molecule has 1 aromatic heterocycles. The molecule has 0 atom stereocenters. The third-order valence-corrected chi connectivity index (χ3v) is 5.64. The standard InChI is InChI=1S/C25H27FN4O3/c1-32-22-13-19(14-23(15-22)33-2)25(31)28-21-7-8-24(27-16-21)30-11-9-29(10-12-30)17-18-3-5-20(26)6-4-18/h3-8,13-16H,9-12,17H2,1-2H3,(H,28,31). The Kier molecular flexibility index (Phi) is 7.04. The van der Waals surface area contributed by atoms with Gasteiger partial charge in [-0.25, -0.2) is 9.37 Å². The average Bonchev–Trinajstić information content (AvgIpc) is 2.86. The molecule has 0 unspecified atom stereocenters. The second kappa shape index (κ2) is 10.3. The molecule has 1 aliphatic rings. The largest absolute Gasteiger partial charge is 0.497 e. The molecule has 0 radical (unpaired) electrons. The van der Waals surface area contributed by atoms with Crippen LogP contribution in [0.4, 0.5) is 15.9 Å². The number of nitrogens with zero attached hydrogens (tertiary/aromatic N) is 3. The van der Waals surface area contributed by atoms with Crippen LogP contribution in [-0.2, 0) is 6.54 Å². The zero-order valence-corrected chi connectivity index (χ0v) is 18.8. The molecular weight excluding hydrogens is 423 g/mol. The normalized spacial score (nSPS) is 14.1. The molecule has 1 amide bonds. The van der Waals surface area contributed by atoms with Crippen molar-refractivity contribution in [3.63, 3.8) is 0 Å². The number of halogens is 1. The third-order valence-electron chi connectivity index (χ3n) is 5.64. The van der Waals surface area contributed by atoms with E-state index >= 15 is 0 Å². The van der Waals surface area contributed by atoms with E-state index in [9.17, 15) is 9.18 Å². The van der Waals surface area contributed by atoms with Crippen molar-refractivity contribution in [1.29, 1.82) is 0 Å². The van der Waals surface area contributed by atoms with Crippen molar-refractivity contribution in [1.82, 2.24) is 9.88 Å². The summed E-state index contributed by atoms with van der Waals surface area (Å²) in [5.41, 5.74) is 2.16. The minimum Gasteiger partial charge on any atom is -0.497 e. The summed E-state index contributed by atoms with van der Waals surface area (Å²) in [6.07, 6.45) is 1.66. The van der Waals surface area contributed by atoms with Crippen molar-refractivity contribution in [3.8, 4) is 11.5 Å². The number of methoxy groups -OCH3 is 2. The van der Waals surface area contributed by atoms with Crippen LogP contribution in [0.3, 0.4) is 0 Å². The number of anilines is 2. The van der Waals surface area contributed by atoms with Gasteiger partial charge in [0.05, 0.1) is 26.1 Å². The van der Waals surface area contributed by atoms with Crippen LogP contribution in [-0.4, -0.2) is 56.2 Å². The Morgan fingerprint density at radius 3 is 2.21 bits per heavy atom. The lowest BCUT2D eigenvalue weighted by Crippen LogP contribution is -2.46. The first-order valence-electron chi connectivity index (χ1n) is 10.8. The van der Waals surface area contributed by atoms with E-state index in [4.69, 9.17) is 9.47 Å². The van der Waals surface area contributed by atoms with Crippen molar-refractivity contribution in [2.45, 2.75) is 6.54 Å². The maximum absolute atomic E-state index is 13.1. The molecule has 0 bridgehead atoms. The van der Waals surface area contributed by atoms with Gasteiger partial charge in [-0.3, -0.25) is 9.69 Å². The SMILES string of the molecule is COc1cc(OC)cc(C(=O)Nc2ccc(N3CCN(Cc4ccc(F)cc4)CC3)nc2)c1. The van der Waals surface area contributed by atoms with Gasteiger partial charge in [0.15, 0.2) is 0 Å². The van der Waals surface area contributed by atoms with Crippen LogP contribution in [0.5, 0.6) is 11.5 Å². The van der Waals surface area contributed by atoms with Crippen LogP contribution >= 0.6 is 0 Å². The van der Waals surface area contributed by atoms with Gasteiger partial charge in [-0.2, -0.15) is 0 Å². The zero-order valence-electron chi connectivity index (χ0n) is 18.8. The minimum atomic E-state index is -0.267. The van der Waals surface area contributed by atoms with Crippen LogP contribution < -0.4 is 19.7 Å². The molecule has 2 heterocycles. The molecule has 1 N–H and O–H groups in total. The number of ether oxygens (including phenoxy) is 2. The highest BCUT2D eigenvalue weighted by Gasteiger charge is 2.18. The van der Waals surface area contributed by atoms with Crippen LogP contribution in [0.1, 0.15) is 15.9 Å². The van der Waals surface area contributed by atoms with E-state index in [2.05, 4.69) is 20.1 Å². The van der Waals surface area contributed by atoms with Gasteiger partial charge in [0.2, 0.25) is 0 Å². The summed E-state index contributed by atoms with van der Waals surface area (Å²) in [5, 5.41) is 2.86. The summed E-state index contributed by atoms with van der Waals surface area (Å²) >= 11 is 0. The molecule has 0 spiro atoms. The lowest BCUT2D eigenvalue weighted by molar-refractivity contribution is 0.102. The first-order chi connectivity index (χ1) is 16.0. The van der Waals surface area contributed by atoms with Crippen LogP contribution in [0.25, 0.3) is 0 Å². The lowest BCUT2D eigenvalue weighted by atomic mass is 10.2. The van der Waals surface area contributed by atoms with E-state index in [-0.39, 0.29) is 11.7 Å². The summed E-state index contributed by atoms with van der Waals surface area (Å²) in [7, 11) is 3.09. The van der Waals surface area contributed by atoms with Gasteiger partial charge in [0.1, 0.15) is 23.1 Å². The fraction of sp³-hybridized carbons (Fsp3) is 0.280. The average molecular weight is 451 g/mol. The number of benzene rings is 2. The number of hydrogen-bond acceptors (Lipinski definition) is 6. The molecule has 0 aliphatic carbocycles. The number of piperazine rings is 1. The maximum atomic E-state index is 13.1. The Bertz CT molecular complexity index is 1060. The number of rotatable bonds is 7. The molecule has 3 aromatic rings. The van der Waals surface area contributed by atoms with Gasteiger partial charge >= 0.3 is 0 Å². The van der Waals surface area contributed by atoms with E-state index in [1.54, 1.807) is 38.6 Å².